The second-order valence-corrected chi connectivity index (χ2v) is 4.80. The molecule has 5 heteroatoms. The number of rotatable bonds is 5. The zero-order valence-electron chi connectivity index (χ0n) is 11.0. The lowest BCUT2D eigenvalue weighted by Crippen LogP contribution is -2.37. The highest BCUT2D eigenvalue weighted by molar-refractivity contribution is 5.42. The van der Waals surface area contributed by atoms with Gasteiger partial charge in [0.1, 0.15) is 5.82 Å². The van der Waals surface area contributed by atoms with Crippen molar-refractivity contribution in [3.63, 3.8) is 0 Å². The smallest absolute Gasteiger partial charge is 0.224 e. The predicted octanol–water partition coefficient (Wildman–Crippen LogP) is 1.51. The Bertz CT molecular complexity index is 372. The fourth-order valence-electron chi connectivity index (χ4n) is 2.27. The molecule has 2 rings (SSSR count). The number of aliphatic hydroxyl groups excluding tert-OH is 1. The number of anilines is 2. The van der Waals surface area contributed by atoms with Gasteiger partial charge in [0.15, 0.2) is 0 Å². The van der Waals surface area contributed by atoms with Gasteiger partial charge in [-0.3, -0.25) is 0 Å². The van der Waals surface area contributed by atoms with Crippen molar-refractivity contribution >= 4 is 11.8 Å². The van der Waals surface area contributed by atoms with Crippen molar-refractivity contribution in [3.05, 3.63) is 12.3 Å². The quantitative estimate of drug-likeness (QED) is 0.829. The van der Waals surface area contributed by atoms with Crippen molar-refractivity contribution in [2.75, 3.05) is 36.5 Å². The molecule has 0 saturated carbocycles. The summed E-state index contributed by atoms with van der Waals surface area (Å²) in [4.78, 5) is 11.0. The van der Waals surface area contributed by atoms with Gasteiger partial charge in [-0.1, -0.05) is 6.92 Å². The van der Waals surface area contributed by atoms with Gasteiger partial charge in [0.25, 0.3) is 0 Å². The van der Waals surface area contributed by atoms with Gasteiger partial charge >= 0.3 is 0 Å². The van der Waals surface area contributed by atoms with Crippen LogP contribution in [-0.2, 0) is 0 Å². The first-order chi connectivity index (χ1) is 8.83. The highest BCUT2D eigenvalue weighted by Gasteiger charge is 2.20. The van der Waals surface area contributed by atoms with E-state index in [4.69, 9.17) is 0 Å². The van der Waals surface area contributed by atoms with Crippen LogP contribution < -0.4 is 10.2 Å². The van der Waals surface area contributed by atoms with E-state index in [1.165, 1.54) is 0 Å². The van der Waals surface area contributed by atoms with E-state index in [2.05, 4.69) is 27.1 Å². The van der Waals surface area contributed by atoms with Gasteiger partial charge < -0.3 is 15.3 Å². The van der Waals surface area contributed by atoms with Crippen LogP contribution in [0.25, 0.3) is 0 Å². The third-order valence-corrected chi connectivity index (χ3v) is 3.28. The summed E-state index contributed by atoms with van der Waals surface area (Å²) in [5.74, 6) is 2.03. The Balaban J connectivity index is 2.02. The molecule has 1 aromatic heterocycles. The van der Waals surface area contributed by atoms with Crippen molar-refractivity contribution in [3.8, 4) is 0 Å². The average molecular weight is 250 g/mol. The molecule has 2 heterocycles. The lowest BCUT2D eigenvalue weighted by Gasteiger charge is -2.32. The molecule has 1 unspecified atom stereocenters. The third kappa shape index (κ3) is 3.32. The summed E-state index contributed by atoms with van der Waals surface area (Å²) in [5, 5.41) is 12.5. The van der Waals surface area contributed by atoms with Gasteiger partial charge in [0, 0.05) is 32.4 Å². The van der Waals surface area contributed by atoms with E-state index in [1.54, 1.807) is 6.20 Å². The van der Waals surface area contributed by atoms with Gasteiger partial charge in [0.05, 0.1) is 0 Å². The fraction of sp³-hybridized carbons (Fsp3) is 0.692. The summed E-state index contributed by atoms with van der Waals surface area (Å²) in [7, 11) is 0. The van der Waals surface area contributed by atoms with Gasteiger partial charge in [-0.05, 0) is 31.2 Å². The first-order valence-electron chi connectivity index (χ1n) is 6.76. The first-order valence-corrected chi connectivity index (χ1v) is 6.76. The Labute approximate surface area is 108 Å². The largest absolute Gasteiger partial charge is 0.396 e. The molecule has 0 bridgehead atoms. The van der Waals surface area contributed by atoms with Crippen LogP contribution >= 0.6 is 0 Å². The number of hydrogen-bond donors (Lipinski definition) is 2. The van der Waals surface area contributed by atoms with Crippen molar-refractivity contribution < 1.29 is 5.11 Å². The molecule has 100 valence electrons. The minimum atomic E-state index is 0.266. The van der Waals surface area contributed by atoms with E-state index in [1.807, 2.05) is 6.07 Å². The molecule has 1 aliphatic rings. The predicted molar refractivity (Wildman–Crippen MR) is 72.8 cm³/mol. The van der Waals surface area contributed by atoms with E-state index < -0.39 is 0 Å². The maximum absolute atomic E-state index is 9.25. The average Bonchev–Trinajstić information content (AvgIpc) is 2.45. The van der Waals surface area contributed by atoms with Crippen molar-refractivity contribution in [2.24, 2.45) is 5.92 Å². The van der Waals surface area contributed by atoms with Crippen LogP contribution in [-0.4, -0.2) is 41.3 Å². The highest BCUT2D eigenvalue weighted by atomic mass is 16.3. The Kier molecular flexibility index (Phi) is 4.75. The van der Waals surface area contributed by atoms with Gasteiger partial charge in [-0.2, -0.15) is 4.98 Å². The van der Waals surface area contributed by atoms with E-state index in [-0.39, 0.29) is 6.61 Å². The molecule has 0 spiro atoms. The maximum atomic E-state index is 9.25. The zero-order chi connectivity index (χ0) is 12.8. The van der Waals surface area contributed by atoms with Crippen molar-refractivity contribution in [1.82, 2.24) is 9.97 Å². The lowest BCUT2D eigenvalue weighted by atomic mass is 9.99. The molecule has 18 heavy (non-hydrogen) atoms. The lowest BCUT2D eigenvalue weighted by molar-refractivity contribution is 0.208. The van der Waals surface area contributed by atoms with E-state index in [9.17, 15) is 5.11 Å². The summed E-state index contributed by atoms with van der Waals surface area (Å²) >= 11 is 0. The molecule has 5 nitrogen and oxygen atoms in total. The second kappa shape index (κ2) is 6.54. The molecular formula is C13H22N4O. The minimum Gasteiger partial charge on any atom is -0.396 e. The standard InChI is InChI=1S/C13H22N4O/c1-2-6-14-13-15-7-5-12(16-13)17-8-3-4-11(9-17)10-18/h5,7,11,18H,2-4,6,8-10H2,1H3,(H,14,15,16). The SMILES string of the molecule is CCCNc1nccc(N2CCCC(CO)C2)n1. The zero-order valence-corrected chi connectivity index (χ0v) is 11.0. The minimum absolute atomic E-state index is 0.266. The van der Waals surface area contributed by atoms with E-state index in [0.29, 0.717) is 11.9 Å². The molecule has 0 aliphatic carbocycles. The van der Waals surface area contributed by atoms with Crippen LogP contribution in [0.2, 0.25) is 0 Å². The number of nitrogens with one attached hydrogen (secondary N) is 1. The third-order valence-electron chi connectivity index (χ3n) is 3.28. The molecule has 1 saturated heterocycles. The topological polar surface area (TPSA) is 61.3 Å². The summed E-state index contributed by atoms with van der Waals surface area (Å²) in [6.45, 7) is 5.18. The maximum Gasteiger partial charge on any atom is 0.224 e. The summed E-state index contributed by atoms with van der Waals surface area (Å²) in [6.07, 6.45) is 5.08. The molecule has 1 fully saturated rings. The monoisotopic (exact) mass is 250 g/mol. The van der Waals surface area contributed by atoms with Gasteiger partial charge in [-0.15, -0.1) is 0 Å². The number of aliphatic hydroxyl groups is 1. The molecule has 0 aromatic carbocycles. The Morgan fingerprint density at radius 3 is 3.22 bits per heavy atom. The highest BCUT2D eigenvalue weighted by Crippen LogP contribution is 2.21. The van der Waals surface area contributed by atoms with Crippen LogP contribution in [0.1, 0.15) is 26.2 Å². The number of piperidine rings is 1. The van der Waals surface area contributed by atoms with Crippen LogP contribution in [0.4, 0.5) is 11.8 Å². The number of nitrogens with zero attached hydrogens (tertiary/aromatic N) is 3. The molecule has 2 N–H and O–H groups in total. The summed E-state index contributed by atoms with van der Waals surface area (Å²) in [5.41, 5.74) is 0. The van der Waals surface area contributed by atoms with E-state index >= 15 is 0 Å². The van der Waals surface area contributed by atoms with E-state index in [0.717, 1.165) is 44.7 Å². The molecule has 1 atom stereocenters. The molecule has 1 aromatic rings. The van der Waals surface area contributed by atoms with Gasteiger partial charge in [-0.25, -0.2) is 4.98 Å². The molecule has 0 radical (unpaired) electrons. The normalized spacial score (nSPS) is 19.9. The van der Waals surface area contributed by atoms with Gasteiger partial charge in [0.2, 0.25) is 5.95 Å². The van der Waals surface area contributed by atoms with Crippen LogP contribution in [0.5, 0.6) is 0 Å². The first kappa shape index (κ1) is 13.1. The summed E-state index contributed by atoms with van der Waals surface area (Å²) < 4.78 is 0. The number of aromatic nitrogens is 2. The van der Waals surface area contributed by atoms with Crippen LogP contribution in [0.3, 0.4) is 0 Å². The van der Waals surface area contributed by atoms with Crippen LogP contribution in [0.15, 0.2) is 12.3 Å². The van der Waals surface area contributed by atoms with Crippen LogP contribution in [0, 0.1) is 5.92 Å². The Hall–Kier alpha value is -1.36. The second-order valence-electron chi connectivity index (χ2n) is 4.80. The Morgan fingerprint density at radius 1 is 1.56 bits per heavy atom. The van der Waals surface area contributed by atoms with Crippen molar-refractivity contribution in [2.45, 2.75) is 26.2 Å². The Morgan fingerprint density at radius 2 is 2.44 bits per heavy atom. The fourth-order valence-corrected chi connectivity index (χ4v) is 2.27. The molecule has 1 aliphatic heterocycles. The molecular weight excluding hydrogens is 228 g/mol. The molecule has 0 amide bonds. The van der Waals surface area contributed by atoms with Crippen molar-refractivity contribution in [1.29, 1.82) is 0 Å². The summed E-state index contributed by atoms with van der Waals surface area (Å²) in [6, 6.07) is 1.94. The number of hydrogen-bond acceptors (Lipinski definition) is 5.